The van der Waals surface area contributed by atoms with Crippen LogP contribution in [0.1, 0.15) is 26.7 Å². The summed E-state index contributed by atoms with van der Waals surface area (Å²) >= 11 is 0. The Morgan fingerprint density at radius 3 is 2.60 bits per heavy atom. The van der Waals surface area contributed by atoms with Crippen molar-refractivity contribution in [3.8, 4) is 0 Å². The van der Waals surface area contributed by atoms with Crippen LogP contribution in [-0.4, -0.2) is 18.5 Å². The van der Waals surface area contributed by atoms with Gasteiger partial charge in [-0.05, 0) is 20.3 Å². The summed E-state index contributed by atoms with van der Waals surface area (Å²) < 4.78 is 5.24. The quantitative estimate of drug-likeness (QED) is 0.345. The summed E-state index contributed by atoms with van der Waals surface area (Å²) in [6, 6.07) is 0. The Balaban J connectivity index is 2.98. The largest absolute Gasteiger partial charge is 0.388 e. The molecule has 0 aliphatic rings. The Morgan fingerprint density at radius 1 is 1.60 bits per heavy atom. The average Bonchev–Trinajstić information content (AvgIpc) is 1.79. The molecule has 0 fully saturated rings. The zero-order valence-electron chi connectivity index (χ0n) is 6.68. The van der Waals surface area contributed by atoms with Gasteiger partial charge in [-0.3, -0.25) is 5.41 Å². The predicted molar refractivity (Wildman–Crippen MR) is 42.2 cm³/mol. The average molecular weight is 144 g/mol. The fraction of sp³-hybridized carbons (Fsp3) is 0.857. The molecule has 60 valence electrons. The predicted octanol–water partition coefficient (Wildman–Crippen LogP) is 1.13. The normalized spacial score (nSPS) is 10.3. The lowest BCUT2D eigenvalue weighted by molar-refractivity contribution is 0.0780. The van der Waals surface area contributed by atoms with Gasteiger partial charge in [0.25, 0.3) is 0 Å². The molecule has 0 unspecified atom stereocenters. The van der Waals surface area contributed by atoms with E-state index in [2.05, 4.69) is 0 Å². The highest BCUT2D eigenvalue weighted by Gasteiger charge is 1.93. The Bertz CT molecular complexity index is 102. The first-order valence-corrected chi connectivity index (χ1v) is 3.57. The molecule has 0 bridgehead atoms. The molecule has 0 saturated heterocycles. The summed E-state index contributed by atoms with van der Waals surface area (Å²) in [5.41, 5.74) is 5.14. The molecule has 0 aliphatic carbocycles. The zero-order valence-corrected chi connectivity index (χ0v) is 6.68. The minimum atomic E-state index is 0.243. The Kier molecular flexibility index (Phi) is 4.94. The number of nitrogens with two attached hydrogens (primary N) is 1. The first-order valence-electron chi connectivity index (χ1n) is 3.57. The number of hydrogen-bond acceptors (Lipinski definition) is 2. The van der Waals surface area contributed by atoms with Crippen LogP contribution in [0.3, 0.4) is 0 Å². The maximum absolute atomic E-state index is 6.90. The lowest BCUT2D eigenvalue weighted by Gasteiger charge is -2.05. The molecule has 0 rings (SSSR count). The van der Waals surface area contributed by atoms with Gasteiger partial charge in [0.05, 0.1) is 11.9 Å². The van der Waals surface area contributed by atoms with E-state index in [1.54, 1.807) is 0 Å². The van der Waals surface area contributed by atoms with Gasteiger partial charge in [0, 0.05) is 13.0 Å². The third kappa shape index (κ3) is 7.43. The third-order valence-corrected chi connectivity index (χ3v) is 1.04. The topological polar surface area (TPSA) is 59.1 Å². The summed E-state index contributed by atoms with van der Waals surface area (Å²) in [6.07, 6.45) is 1.78. The summed E-state index contributed by atoms with van der Waals surface area (Å²) in [6.45, 7) is 4.69. The minimum absolute atomic E-state index is 0.243. The summed E-state index contributed by atoms with van der Waals surface area (Å²) in [4.78, 5) is 0. The highest BCUT2D eigenvalue weighted by atomic mass is 16.5. The van der Waals surface area contributed by atoms with Crippen molar-refractivity contribution in [3.63, 3.8) is 0 Å². The van der Waals surface area contributed by atoms with Gasteiger partial charge < -0.3 is 10.5 Å². The van der Waals surface area contributed by atoms with Crippen molar-refractivity contribution >= 4 is 5.84 Å². The molecular formula is C7H16N2O. The molecule has 3 nitrogen and oxygen atoms in total. The van der Waals surface area contributed by atoms with Crippen molar-refractivity contribution in [2.45, 2.75) is 32.8 Å². The van der Waals surface area contributed by atoms with E-state index in [1.165, 1.54) is 0 Å². The fourth-order valence-corrected chi connectivity index (χ4v) is 0.582. The molecule has 0 saturated carbocycles. The monoisotopic (exact) mass is 144 g/mol. The molecule has 0 aromatic rings. The molecule has 0 amide bonds. The van der Waals surface area contributed by atoms with Crippen LogP contribution in [0, 0.1) is 5.41 Å². The van der Waals surface area contributed by atoms with Gasteiger partial charge in [0.15, 0.2) is 0 Å². The van der Waals surface area contributed by atoms with Crippen molar-refractivity contribution in [1.82, 2.24) is 0 Å². The van der Waals surface area contributed by atoms with Crippen LogP contribution >= 0.6 is 0 Å². The maximum atomic E-state index is 6.90. The van der Waals surface area contributed by atoms with E-state index in [4.69, 9.17) is 15.9 Å². The van der Waals surface area contributed by atoms with Crippen molar-refractivity contribution in [3.05, 3.63) is 0 Å². The van der Waals surface area contributed by atoms with Gasteiger partial charge >= 0.3 is 0 Å². The molecule has 3 heteroatoms. The van der Waals surface area contributed by atoms with Crippen molar-refractivity contribution in [1.29, 1.82) is 5.41 Å². The number of nitrogens with one attached hydrogen (secondary N) is 1. The second-order valence-electron chi connectivity index (χ2n) is 2.55. The molecule has 0 aliphatic heterocycles. The van der Waals surface area contributed by atoms with E-state index in [0.717, 1.165) is 6.42 Å². The van der Waals surface area contributed by atoms with Gasteiger partial charge in [0.1, 0.15) is 0 Å². The molecule has 0 atom stereocenters. The summed E-state index contributed by atoms with van der Waals surface area (Å²) in [5, 5.41) is 6.90. The third-order valence-electron chi connectivity index (χ3n) is 1.04. The second-order valence-corrected chi connectivity index (χ2v) is 2.55. The van der Waals surface area contributed by atoms with Crippen LogP contribution in [-0.2, 0) is 4.74 Å². The number of ether oxygens (including phenoxy) is 1. The van der Waals surface area contributed by atoms with Crippen LogP contribution in [0.15, 0.2) is 0 Å². The van der Waals surface area contributed by atoms with E-state index < -0.39 is 0 Å². The van der Waals surface area contributed by atoms with Gasteiger partial charge in [-0.25, -0.2) is 0 Å². The van der Waals surface area contributed by atoms with Gasteiger partial charge in [-0.15, -0.1) is 0 Å². The molecule has 0 radical (unpaired) electrons. The van der Waals surface area contributed by atoms with Crippen LogP contribution in [0.2, 0.25) is 0 Å². The SMILES string of the molecule is CC(C)OCCCC(=N)N. The van der Waals surface area contributed by atoms with Crippen LogP contribution in [0.25, 0.3) is 0 Å². The van der Waals surface area contributed by atoms with Gasteiger partial charge in [-0.2, -0.15) is 0 Å². The minimum Gasteiger partial charge on any atom is -0.388 e. The van der Waals surface area contributed by atoms with Crippen LogP contribution in [0.5, 0.6) is 0 Å². The van der Waals surface area contributed by atoms with Crippen molar-refractivity contribution in [2.24, 2.45) is 5.73 Å². The van der Waals surface area contributed by atoms with Gasteiger partial charge in [0.2, 0.25) is 0 Å². The molecular weight excluding hydrogens is 128 g/mol. The molecule has 10 heavy (non-hydrogen) atoms. The Morgan fingerprint density at radius 2 is 2.20 bits per heavy atom. The van der Waals surface area contributed by atoms with Crippen LogP contribution in [0.4, 0.5) is 0 Å². The highest BCUT2D eigenvalue weighted by molar-refractivity contribution is 5.76. The van der Waals surface area contributed by atoms with Crippen molar-refractivity contribution in [2.75, 3.05) is 6.61 Å². The standard InChI is InChI=1S/C7H16N2O/c1-6(2)10-5-3-4-7(8)9/h6H,3-5H2,1-2H3,(H3,8,9). The zero-order chi connectivity index (χ0) is 7.98. The lowest BCUT2D eigenvalue weighted by atomic mass is 10.3. The highest BCUT2D eigenvalue weighted by Crippen LogP contribution is 1.92. The first kappa shape index (κ1) is 9.43. The Hall–Kier alpha value is -0.570. The van der Waals surface area contributed by atoms with E-state index in [9.17, 15) is 0 Å². The van der Waals surface area contributed by atoms with E-state index in [0.29, 0.717) is 13.0 Å². The summed E-state index contributed by atoms with van der Waals surface area (Å²) in [5.74, 6) is 0.243. The lowest BCUT2D eigenvalue weighted by Crippen LogP contribution is -2.11. The van der Waals surface area contributed by atoms with Crippen LogP contribution < -0.4 is 5.73 Å². The maximum Gasteiger partial charge on any atom is 0.0906 e. The number of hydrogen-bond donors (Lipinski definition) is 2. The number of rotatable bonds is 5. The first-order chi connectivity index (χ1) is 4.63. The smallest absolute Gasteiger partial charge is 0.0906 e. The molecule has 0 spiro atoms. The second kappa shape index (κ2) is 5.23. The molecule has 0 aromatic heterocycles. The van der Waals surface area contributed by atoms with Crippen molar-refractivity contribution < 1.29 is 4.74 Å². The van der Waals surface area contributed by atoms with E-state index in [-0.39, 0.29) is 11.9 Å². The van der Waals surface area contributed by atoms with E-state index in [1.807, 2.05) is 13.8 Å². The van der Waals surface area contributed by atoms with Gasteiger partial charge in [-0.1, -0.05) is 0 Å². The fourth-order valence-electron chi connectivity index (χ4n) is 0.582. The molecule has 0 heterocycles. The molecule has 0 aromatic carbocycles. The Labute approximate surface area is 62.1 Å². The summed E-state index contributed by atoms with van der Waals surface area (Å²) in [7, 11) is 0. The number of amidine groups is 1. The van der Waals surface area contributed by atoms with E-state index >= 15 is 0 Å². The molecule has 3 N–H and O–H groups in total.